The summed E-state index contributed by atoms with van der Waals surface area (Å²) in [6, 6.07) is 7.99. The van der Waals surface area contributed by atoms with Gasteiger partial charge in [0.15, 0.2) is 0 Å². The second-order valence-corrected chi connectivity index (χ2v) is 9.90. The first-order chi connectivity index (χ1) is 13.6. The van der Waals surface area contributed by atoms with Crippen molar-refractivity contribution in [3.8, 4) is 0 Å². The molecular formula is C20H21BrF2N2O3S. The van der Waals surface area contributed by atoms with Crippen LogP contribution >= 0.6 is 15.9 Å². The maximum absolute atomic E-state index is 13.9. The Kier molecular flexibility index (Phi) is 6.40. The highest BCUT2D eigenvalue weighted by Crippen LogP contribution is 2.29. The maximum Gasteiger partial charge on any atom is 0.246 e. The molecule has 156 valence electrons. The summed E-state index contributed by atoms with van der Waals surface area (Å²) >= 11 is 3.40. The molecule has 9 heteroatoms. The molecule has 29 heavy (non-hydrogen) atoms. The van der Waals surface area contributed by atoms with Gasteiger partial charge in [0.05, 0.1) is 0 Å². The molecule has 1 aliphatic heterocycles. The molecule has 1 amide bonds. The van der Waals surface area contributed by atoms with Crippen molar-refractivity contribution in [3.05, 3.63) is 58.1 Å². The van der Waals surface area contributed by atoms with Gasteiger partial charge in [0, 0.05) is 36.2 Å². The van der Waals surface area contributed by atoms with Crippen molar-refractivity contribution in [2.45, 2.75) is 24.7 Å². The van der Waals surface area contributed by atoms with Crippen LogP contribution in [0.5, 0.6) is 0 Å². The fraction of sp³-hybridized carbons (Fsp3) is 0.350. The van der Waals surface area contributed by atoms with E-state index in [-0.39, 0.29) is 24.9 Å². The van der Waals surface area contributed by atoms with Gasteiger partial charge in [-0.3, -0.25) is 4.79 Å². The van der Waals surface area contributed by atoms with E-state index in [9.17, 15) is 22.0 Å². The quantitative estimate of drug-likeness (QED) is 0.653. The van der Waals surface area contributed by atoms with Gasteiger partial charge >= 0.3 is 0 Å². The molecule has 1 fully saturated rings. The summed E-state index contributed by atoms with van der Waals surface area (Å²) < 4.78 is 54.8. The molecule has 0 saturated carbocycles. The number of hydrogen-bond acceptors (Lipinski definition) is 3. The predicted molar refractivity (Wildman–Crippen MR) is 110 cm³/mol. The normalized spacial score (nSPS) is 16.0. The van der Waals surface area contributed by atoms with Crippen molar-refractivity contribution >= 4 is 37.5 Å². The first kappa shape index (κ1) is 21.9. The lowest BCUT2D eigenvalue weighted by Crippen LogP contribution is -2.43. The molecule has 1 saturated heterocycles. The number of aryl methyl sites for hydroxylation is 1. The van der Waals surface area contributed by atoms with Crippen LogP contribution in [0.1, 0.15) is 18.4 Å². The predicted octanol–water partition coefficient (Wildman–Crippen LogP) is 4.10. The van der Waals surface area contributed by atoms with Crippen molar-refractivity contribution in [3.63, 3.8) is 0 Å². The number of carbonyl (C=O) groups is 1. The van der Waals surface area contributed by atoms with E-state index in [0.29, 0.717) is 18.9 Å². The molecule has 0 spiro atoms. The van der Waals surface area contributed by atoms with Crippen molar-refractivity contribution in [1.82, 2.24) is 4.31 Å². The minimum atomic E-state index is -4.16. The largest absolute Gasteiger partial charge is 0.315 e. The summed E-state index contributed by atoms with van der Waals surface area (Å²) in [7, 11) is -2.46. The molecule has 1 aliphatic rings. The summed E-state index contributed by atoms with van der Waals surface area (Å²) in [6.07, 6.45) is 0.629. The van der Waals surface area contributed by atoms with Crippen LogP contribution < -0.4 is 4.90 Å². The molecule has 0 aromatic heterocycles. The van der Waals surface area contributed by atoms with E-state index >= 15 is 0 Å². The first-order valence-electron chi connectivity index (χ1n) is 9.10. The highest BCUT2D eigenvalue weighted by molar-refractivity contribution is 9.10. The van der Waals surface area contributed by atoms with Crippen LogP contribution in [0, 0.1) is 24.5 Å². The molecule has 0 radical (unpaired) electrons. The molecule has 0 bridgehead atoms. The van der Waals surface area contributed by atoms with E-state index in [2.05, 4.69) is 15.9 Å². The number of hydrogen-bond donors (Lipinski definition) is 0. The second-order valence-electron chi connectivity index (χ2n) is 7.08. The Bertz CT molecular complexity index is 1040. The SMILES string of the molecule is Cc1cc(Br)ccc1N(C)C(=O)C1CCN(S(=O)(=O)c2cc(F)ccc2F)CC1. The molecule has 3 rings (SSSR count). The number of anilines is 1. The monoisotopic (exact) mass is 486 g/mol. The second kappa shape index (κ2) is 8.49. The van der Waals surface area contributed by atoms with Gasteiger partial charge in [0.1, 0.15) is 16.5 Å². The van der Waals surface area contributed by atoms with Gasteiger partial charge in [-0.1, -0.05) is 15.9 Å². The van der Waals surface area contributed by atoms with E-state index < -0.39 is 26.6 Å². The topological polar surface area (TPSA) is 57.7 Å². The highest BCUT2D eigenvalue weighted by Gasteiger charge is 2.35. The third kappa shape index (κ3) is 4.51. The molecule has 0 unspecified atom stereocenters. The number of sulfonamides is 1. The Balaban J connectivity index is 1.71. The van der Waals surface area contributed by atoms with Crippen molar-refractivity contribution in [2.75, 3.05) is 25.0 Å². The Hall–Kier alpha value is -1.84. The fourth-order valence-corrected chi connectivity index (χ4v) is 5.57. The highest BCUT2D eigenvalue weighted by atomic mass is 79.9. The van der Waals surface area contributed by atoms with Crippen LogP contribution in [0.2, 0.25) is 0 Å². The molecular weight excluding hydrogens is 466 g/mol. The smallest absolute Gasteiger partial charge is 0.246 e. The minimum absolute atomic E-state index is 0.0713. The Morgan fingerprint density at radius 3 is 2.41 bits per heavy atom. The first-order valence-corrected chi connectivity index (χ1v) is 11.3. The number of amides is 1. The third-order valence-electron chi connectivity index (χ3n) is 5.17. The van der Waals surface area contributed by atoms with E-state index in [1.54, 1.807) is 11.9 Å². The molecule has 1 heterocycles. The Morgan fingerprint density at radius 2 is 1.79 bits per heavy atom. The summed E-state index contributed by atoms with van der Waals surface area (Å²) in [4.78, 5) is 13.8. The average molecular weight is 487 g/mol. The number of halogens is 3. The van der Waals surface area contributed by atoms with E-state index in [1.165, 1.54) is 0 Å². The van der Waals surface area contributed by atoms with Gasteiger partial charge in [-0.15, -0.1) is 0 Å². The van der Waals surface area contributed by atoms with Crippen LogP contribution in [0.25, 0.3) is 0 Å². The van der Waals surface area contributed by atoms with Gasteiger partial charge in [-0.25, -0.2) is 17.2 Å². The van der Waals surface area contributed by atoms with E-state index in [0.717, 1.165) is 32.2 Å². The fourth-order valence-electron chi connectivity index (χ4n) is 3.54. The van der Waals surface area contributed by atoms with Gasteiger partial charge < -0.3 is 4.90 Å². The molecule has 0 atom stereocenters. The lowest BCUT2D eigenvalue weighted by atomic mass is 9.96. The van der Waals surface area contributed by atoms with E-state index in [1.807, 2.05) is 25.1 Å². The van der Waals surface area contributed by atoms with Crippen LogP contribution in [0.3, 0.4) is 0 Å². The number of piperidine rings is 1. The van der Waals surface area contributed by atoms with Crippen LogP contribution in [0.4, 0.5) is 14.5 Å². The zero-order valence-electron chi connectivity index (χ0n) is 16.0. The number of nitrogens with zero attached hydrogens (tertiary/aromatic N) is 2. The Morgan fingerprint density at radius 1 is 1.14 bits per heavy atom. The van der Waals surface area contributed by atoms with E-state index in [4.69, 9.17) is 0 Å². The summed E-state index contributed by atoms with van der Waals surface area (Å²) in [6.45, 7) is 2.05. The minimum Gasteiger partial charge on any atom is -0.315 e. The lowest BCUT2D eigenvalue weighted by Gasteiger charge is -2.33. The standard InChI is InChI=1S/C20H21BrF2N2O3S/c1-13-11-15(21)3-6-18(13)24(2)20(26)14-7-9-25(10-8-14)29(27,28)19-12-16(22)4-5-17(19)23/h3-6,11-12,14H,7-10H2,1-2H3. The number of carbonyl (C=O) groups excluding carboxylic acids is 1. The number of rotatable bonds is 4. The zero-order valence-corrected chi connectivity index (χ0v) is 18.4. The summed E-state index contributed by atoms with van der Waals surface area (Å²) in [5.74, 6) is -2.24. The zero-order chi connectivity index (χ0) is 21.3. The molecule has 2 aromatic carbocycles. The van der Waals surface area contributed by atoms with Gasteiger partial charge in [0.2, 0.25) is 15.9 Å². The van der Waals surface area contributed by atoms with Crippen LogP contribution in [0.15, 0.2) is 45.8 Å². The van der Waals surface area contributed by atoms with Crippen molar-refractivity contribution in [2.24, 2.45) is 5.92 Å². The maximum atomic E-state index is 13.9. The van der Waals surface area contributed by atoms with Gasteiger partial charge in [-0.2, -0.15) is 4.31 Å². The molecule has 5 nitrogen and oxygen atoms in total. The summed E-state index contributed by atoms with van der Waals surface area (Å²) in [5.41, 5.74) is 1.73. The van der Waals surface area contributed by atoms with Crippen molar-refractivity contribution < 1.29 is 22.0 Å². The number of benzene rings is 2. The van der Waals surface area contributed by atoms with Gasteiger partial charge in [0.25, 0.3) is 0 Å². The van der Waals surface area contributed by atoms with Gasteiger partial charge in [-0.05, 0) is 61.7 Å². The third-order valence-corrected chi connectivity index (χ3v) is 7.57. The Labute approximate surface area is 177 Å². The molecule has 0 aliphatic carbocycles. The van der Waals surface area contributed by atoms with Crippen LogP contribution in [-0.2, 0) is 14.8 Å². The van der Waals surface area contributed by atoms with Crippen LogP contribution in [-0.4, -0.2) is 38.8 Å². The summed E-state index contributed by atoms with van der Waals surface area (Å²) in [5, 5.41) is 0. The molecule has 2 aromatic rings. The molecule has 0 N–H and O–H groups in total. The lowest BCUT2D eigenvalue weighted by molar-refractivity contribution is -0.123. The van der Waals surface area contributed by atoms with Crippen molar-refractivity contribution in [1.29, 1.82) is 0 Å². The average Bonchev–Trinajstić information content (AvgIpc) is 2.69.